The zero-order valence-electron chi connectivity index (χ0n) is 11.3. The Balaban J connectivity index is 2.01. The largest absolute Gasteiger partial charge is 0.325 e. The molecule has 1 saturated carbocycles. The zero-order chi connectivity index (χ0) is 14.8. The average molecular weight is 297 g/mol. The molecule has 6 nitrogen and oxygen atoms in total. The van der Waals surface area contributed by atoms with E-state index in [2.05, 4.69) is 10.0 Å². The third-order valence-corrected chi connectivity index (χ3v) is 4.54. The van der Waals surface area contributed by atoms with E-state index >= 15 is 0 Å². The summed E-state index contributed by atoms with van der Waals surface area (Å²) in [5, 5.41) is 2.60. The van der Waals surface area contributed by atoms with Crippen molar-refractivity contribution >= 4 is 21.6 Å². The molecule has 7 heteroatoms. The lowest BCUT2D eigenvalue weighted by Crippen LogP contribution is -2.32. The lowest BCUT2D eigenvalue weighted by atomic mass is 10.3. The quantitative estimate of drug-likeness (QED) is 0.718. The topological polar surface area (TPSA) is 101 Å². The summed E-state index contributed by atoms with van der Waals surface area (Å²) in [7, 11) is -3.46. The second-order valence-electron chi connectivity index (χ2n) is 5.10. The molecular weight excluding hydrogens is 278 g/mol. The van der Waals surface area contributed by atoms with Crippen molar-refractivity contribution in [3.8, 4) is 0 Å². The van der Waals surface area contributed by atoms with Gasteiger partial charge in [-0.25, -0.2) is 13.1 Å². The van der Waals surface area contributed by atoms with Gasteiger partial charge in [0.25, 0.3) is 0 Å². The van der Waals surface area contributed by atoms with E-state index in [0.717, 1.165) is 12.8 Å². The number of nitrogens with two attached hydrogens (primary N) is 1. The number of rotatable bonds is 6. The molecule has 0 aliphatic heterocycles. The number of nitrogens with one attached hydrogen (secondary N) is 2. The van der Waals surface area contributed by atoms with Gasteiger partial charge in [-0.15, -0.1) is 0 Å². The fraction of sp³-hybridized carbons (Fsp3) is 0.462. The first-order valence-corrected chi connectivity index (χ1v) is 8.03. The van der Waals surface area contributed by atoms with Crippen molar-refractivity contribution in [2.45, 2.75) is 30.7 Å². The van der Waals surface area contributed by atoms with Gasteiger partial charge in [0.05, 0.1) is 10.9 Å². The van der Waals surface area contributed by atoms with E-state index in [1.54, 1.807) is 19.1 Å². The second-order valence-corrected chi connectivity index (χ2v) is 6.86. The highest BCUT2D eigenvalue weighted by Gasteiger charge is 2.24. The fourth-order valence-electron chi connectivity index (χ4n) is 1.61. The molecule has 1 aromatic carbocycles. The van der Waals surface area contributed by atoms with Gasteiger partial charge in [-0.3, -0.25) is 4.79 Å². The SMILES string of the molecule is C[C@H](N)C(=O)Nc1ccc(S(=O)(=O)NCC2CC2)cc1. The van der Waals surface area contributed by atoms with Gasteiger partial charge in [0.1, 0.15) is 0 Å². The molecule has 0 radical (unpaired) electrons. The summed E-state index contributed by atoms with van der Waals surface area (Å²) in [6.07, 6.45) is 2.18. The minimum atomic E-state index is -3.46. The Kier molecular flexibility index (Phi) is 4.42. The predicted octanol–water partition coefficient (Wildman–Crippen LogP) is 0.661. The van der Waals surface area contributed by atoms with Crippen LogP contribution in [0.15, 0.2) is 29.2 Å². The van der Waals surface area contributed by atoms with Crippen LogP contribution in [0, 0.1) is 5.92 Å². The highest BCUT2D eigenvalue weighted by molar-refractivity contribution is 7.89. The number of hydrogen-bond donors (Lipinski definition) is 3. The van der Waals surface area contributed by atoms with Crippen LogP contribution in [-0.4, -0.2) is 26.9 Å². The first-order valence-electron chi connectivity index (χ1n) is 6.54. The van der Waals surface area contributed by atoms with Crippen molar-refractivity contribution in [3.63, 3.8) is 0 Å². The highest BCUT2D eigenvalue weighted by Crippen LogP contribution is 2.28. The van der Waals surface area contributed by atoms with Crippen LogP contribution in [0.3, 0.4) is 0 Å². The predicted molar refractivity (Wildman–Crippen MR) is 76.6 cm³/mol. The number of sulfonamides is 1. The third kappa shape index (κ3) is 4.03. The normalized spacial score (nSPS) is 16.7. The molecule has 0 saturated heterocycles. The molecule has 0 aromatic heterocycles. The van der Waals surface area contributed by atoms with Gasteiger partial charge >= 0.3 is 0 Å². The van der Waals surface area contributed by atoms with Crippen LogP contribution < -0.4 is 15.8 Å². The van der Waals surface area contributed by atoms with Crippen LogP contribution in [0.25, 0.3) is 0 Å². The summed E-state index contributed by atoms with van der Waals surface area (Å²) in [5.41, 5.74) is 5.96. The Bertz CT molecular complexity index is 577. The van der Waals surface area contributed by atoms with Crippen LogP contribution in [0.2, 0.25) is 0 Å². The maximum atomic E-state index is 12.0. The van der Waals surface area contributed by atoms with E-state index in [1.807, 2.05) is 0 Å². The van der Waals surface area contributed by atoms with Crippen molar-refractivity contribution < 1.29 is 13.2 Å². The van der Waals surface area contributed by atoms with E-state index in [4.69, 9.17) is 5.73 Å². The Hall–Kier alpha value is -1.44. The van der Waals surface area contributed by atoms with Crippen molar-refractivity contribution in [3.05, 3.63) is 24.3 Å². The van der Waals surface area contributed by atoms with Crippen LogP contribution in [-0.2, 0) is 14.8 Å². The molecular formula is C13H19N3O3S. The maximum absolute atomic E-state index is 12.0. The number of amides is 1. The van der Waals surface area contributed by atoms with Crippen molar-refractivity contribution in [2.24, 2.45) is 11.7 Å². The Morgan fingerprint density at radius 1 is 1.35 bits per heavy atom. The summed E-state index contributed by atoms with van der Waals surface area (Å²) in [4.78, 5) is 11.6. The van der Waals surface area contributed by atoms with Crippen molar-refractivity contribution in [1.82, 2.24) is 4.72 Å². The molecule has 1 aliphatic rings. The second kappa shape index (κ2) is 5.90. The van der Waals surface area contributed by atoms with Gasteiger partial charge in [-0.05, 0) is 49.9 Å². The Morgan fingerprint density at radius 2 is 1.95 bits per heavy atom. The van der Waals surface area contributed by atoms with E-state index in [0.29, 0.717) is 18.2 Å². The number of carbonyl (C=O) groups is 1. The summed E-state index contributed by atoms with van der Waals surface area (Å²) < 4.78 is 26.6. The van der Waals surface area contributed by atoms with Crippen LogP contribution >= 0.6 is 0 Å². The molecule has 2 rings (SSSR count). The fourth-order valence-corrected chi connectivity index (χ4v) is 2.72. The molecule has 0 unspecified atom stereocenters. The van der Waals surface area contributed by atoms with E-state index in [1.165, 1.54) is 12.1 Å². The molecule has 1 aliphatic carbocycles. The van der Waals surface area contributed by atoms with E-state index in [-0.39, 0.29) is 10.8 Å². The number of carbonyl (C=O) groups excluding carboxylic acids is 1. The summed E-state index contributed by atoms with van der Waals surface area (Å²) in [5.74, 6) is 0.168. The first-order chi connectivity index (χ1) is 9.38. The van der Waals surface area contributed by atoms with E-state index in [9.17, 15) is 13.2 Å². The van der Waals surface area contributed by atoms with Gasteiger partial charge in [-0.1, -0.05) is 0 Å². The van der Waals surface area contributed by atoms with Gasteiger partial charge in [-0.2, -0.15) is 0 Å². The summed E-state index contributed by atoms with van der Waals surface area (Å²) in [6.45, 7) is 2.07. The van der Waals surface area contributed by atoms with Crippen LogP contribution in [0.1, 0.15) is 19.8 Å². The van der Waals surface area contributed by atoms with Gasteiger partial charge in [0, 0.05) is 12.2 Å². The lowest BCUT2D eigenvalue weighted by Gasteiger charge is -2.09. The monoisotopic (exact) mass is 297 g/mol. The summed E-state index contributed by atoms with van der Waals surface area (Å²) >= 11 is 0. The maximum Gasteiger partial charge on any atom is 0.240 e. The molecule has 110 valence electrons. The van der Waals surface area contributed by atoms with E-state index < -0.39 is 16.1 Å². The lowest BCUT2D eigenvalue weighted by molar-refractivity contribution is -0.117. The van der Waals surface area contributed by atoms with Crippen molar-refractivity contribution in [2.75, 3.05) is 11.9 Å². The zero-order valence-corrected chi connectivity index (χ0v) is 12.1. The van der Waals surface area contributed by atoms with Gasteiger partial charge in [0.15, 0.2) is 0 Å². The van der Waals surface area contributed by atoms with Gasteiger partial charge in [0.2, 0.25) is 15.9 Å². The Morgan fingerprint density at radius 3 is 2.45 bits per heavy atom. The number of hydrogen-bond acceptors (Lipinski definition) is 4. The summed E-state index contributed by atoms with van der Waals surface area (Å²) in [6, 6.07) is 5.41. The average Bonchev–Trinajstić information content (AvgIpc) is 3.21. The van der Waals surface area contributed by atoms with Crippen LogP contribution in [0.4, 0.5) is 5.69 Å². The molecule has 0 spiro atoms. The molecule has 1 atom stereocenters. The minimum Gasteiger partial charge on any atom is -0.325 e. The highest BCUT2D eigenvalue weighted by atomic mass is 32.2. The smallest absolute Gasteiger partial charge is 0.240 e. The third-order valence-electron chi connectivity index (χ3n) is 3.10. The standard InChI is InChI=1S/C13H19N3O3S/c1-9(14)13(17)16-11-4-6-12(7-5-11)20(18,19)15-8-10-2-3-10/h4-7,9-10,15H,2-3,8,14H2,1H3,(H,16,17)/t9-/m0/s1. The molecule has 4 N–H and O–H groups in total. The molecule has 0 bridgehead atoms. The molecule has 0 heterocycles. The number of benzene rings is 1. The molecule has 20 heavy (non-hydrogen) atoms. The van der Waals surface area contributed by atoms with Gasteiger partial charge < -0.3 is 11.1 Å². The molecule has 1 fully saturated rings. The van der Waals surface area contributed by atoms with Crippen LogP contribution in [0.5, 0.6) is 0 Å². The number of anilines is 1. The molecule has 1 aromatic rings. The minimum absolute atomic E-state index is 0.192. The Labute approximate surface area is 118 Å². The van der Waals surface area contributed by atoms with Crippen molar-refractivity contribution in [1.29, 1.82) is 0 Å². The molecule has 1 amide bonds. The first kappa shape index (κ1) is 15.0.